The van der Waals surface area contributed by atoms with E-state index >= 15 is 0 Å². The minimum absolute atomic E-state index is 0.0852. The minimum Gasteiger partial charge on any atom is -0.340 e. The Bertz CT molecular complexity index is 1260. The Morgan fingerprint density at radius 2 is 1.68 bits per heavy atom. The number of rotatable bonds is 5. The van der Waals surface area contributed by atoms with Crippen molar-refractivity contribution in [2.75, 3.05) is 5.32 Å². The number of hydrogen-bond donors (Lipinski definition) is 2. The summed E-state index contributed by atoms with van der Waals surface area (Å²) < 4.78 is 0. The van der Waals surface area contributed by atoms with Gasteiger partial charge in [0.2, 0.25) is 0 Å². The zero-order chi connectivity index (χ0) is 21.8. The third kappa shape index (κ3) is 5.01. The lowest BCUT2D eigenvalue weighted by molar-refractivity contribution is 0.411. The summed E-state index contributed by atoms with van der Waals surface area (Å²) in [5, 5.41) is 4.92. The SMILES string of the molecule is Cc1ccc(NC(=S)N(Cc2ccccc2)Cc2cc3cccc(C)c3[nH]c2=O)cc1. The average Bonchev–Trinajstić information content (AvgIpc) is 2.77. The highest BCUT2D eigenvalue weighted by Crippen LogP contribution is 2.18. The van der Waals surface area contributed by atoms with Gasteiger partial charge in [0.15, 0.2) is 5.11 Å². The van der Waals surface area contributed by atoms with Gasteiger partial charge in [0.25, 0.3) is 5.56 Å². The summed E-state index contributed by atoms with van der Waals surface area (Å²) in [4.78, 5) is 17.9. The summed E-state index contributed by atoms with van der Waals surface area (Å²) in [6.45, 7) is 5.06. The van der Waals surface area contributed by atoms with Crippen molar-refractivity contribution >= 4 is 33.9 Å². The summed E-state index contributed by atoms with van der Waals surface area (Å²) >= 11 is 5.75. The van der Waals surface area contributed by atoms with Crippen LogP contribution in [0, 0.1) is 13.8 Å². The second-order valence-electron chi connectivity index (χ2n) is 7.80. The number of hydrogen-bond acceptors (Lipinski definition) is 2. The van der Waals surface area contributed by atoms with Gasteiger partial charge in [0.1, 0.15) is 0 Å². The molecule has 4 rings (SSSR count). The van der Waals surface area contributed by atoms with Crippen molar-refractivity contribution in [2.24, 2.45) is 0 Å². The van der Waals surface area contributed by atoms with Gasteiger partial charge in [0.05, 0.1) is 12.1 Å². The van der Waals surface area contributed by atoms with Gasteiger partial charge in [-0.25, -0.2) is 0 Å². The number of nitrogens with zero attached hydrogens (tertiary/aromatic N) is 1. The molecule has 4 nitrogen and oxygen atoms in total. The molecule has 0 amide bonds. The van der Waals surface area contributed by atoms with Gasteiger partial charge in [-0.1, -0.05) is 66.2 Å². The van der Waals surface area contributed by atoms with Crippen LogP contribution in [0.25, 0.3) is 10.9 Å². The Morgan fingerprint density at radius 3 is 2.42 bits per heavy atom. The third-order valence-electron chi connectivity index (χ3n) is 5.33. The molecule has 1 heterocycles. The average molecular weight is 428 g/mol. The zero-order valence-electron chi connectivity index (χ0n) is 17.7. The standard InChI is InChI=1S/C26H25N3OS/c1-18-11-13-23(14-12-18)27-26(31)29(16-20-8-4-3-5-9-20)17-22-15-21-10-6-7-19(2)24(21)28-25(22)30/h3-15H,16-17H2,1-2H3,(H,27,31)(H,28,30). The Kier molecular flexibility index (Phi) is 6.14. The molecule has 5 heteroatoms. The number of benzene rings is 3. The Labute approximate surface area is 187 Å². The number of anilines is 1. The van der Waals surface area contributed by atoms with E-state index in [0.29, 0.717) is 23.8 Å². The van der Waals surface area contributed by atoms with E-state index in [1.165, 1.54) is 5.56 Å². The summed E-state index contributed by atoms with van der Waals surface area (Å²) in [6.07, 6.45) is 0. The molecule has 0 saturated carbocycles. The Hall–Kier alpha value is -3.44. The highest BCUT2D eigenvalue weighted by molar-refractivity contribution is 7.80. The molecule has 0 aliphatic carbocycles. The molecule has 0 spiro atoms. The molecule has 0 radical (unpaired) electrons. The summed E-state index contributed by atoms with van der Waals surface area (Å²) in [5.74, 6) is 0. The lowest BCUT2D eigenvalue weighted by Gasteiger charge is -2.26. The fourth-order valence-corrected chi connectivity index (χ4v) is 3.84. The number of nitrogens with one attached hydrogen (secondary N) is 2. The first-order valence-electron chi connectivity index (χ1n) is 10.3. The van der Waals surface area contributed by atoms with E-state index in [1.54, 1.807) is 0 Å². The second-order valence-corrected chi connectivity index (χ2v) is 8.19. The van der Waals surface area contributed by atoms with E-state index in [0.717, 1.165) is 27.7 Å². The van der Waals surface area contributed by atoms with Crippen LogP contribution < -0.4 is 10.9 Å². The van der Waals surface area contributed by atoms with Crippen molar-refractivity contribution in [1.29, 1.82) is 0 Å². The molecule has 2 N–H and O–H groups in total. The van der Waals surface area contributed by atoms with Gasteiger partial charge in [-0.05, 0) is 60.8 Å². The van der Waals surface area contributed by atoms with Crippen LogP contribution in [0.1, 0.15) is 22.3 Å². The molecule has 0 atom stereocenters. The first-order valence-corrected chi connectivity index (χ1v) is 10.7. The number of fused-ring (bicyclic) bond motifs is 1. The first kappa shape index (κ1) is 20.8. The number of para-hydroxylation sites is 1. The van der Waals surface area contributed by atoms with Crippen LogP contribution in [0.15, 0.2) is 83.7 Å². The molecular formula is C26H25N3OS. The summed E-state index contributed by atoms with van der Waals surface area (Å²) in [6, 6.07) is 26.2. The third-order valence-corrected chi connectivity index (χ3v) is 5.69. The molecule has 1 aromatic heterocycles. The molecule has 156 valence electrons. The second kappa shape index (κ2) is 9.14. The maximum absolute atomic E-state index is 12.8. The Morgan fingerprint density at radius 1 is 0.935 bits per heavy atom. The summed E-state index contributed by atoms with van der Waals surface area (Å²) in [7, 11) is 0. The lowest BCUT2D eigenvalue weighted by Crippen LogP contribution is -2.35. The van der Waals surface area contributed by atoms with Crippen LogP contribution in [0.2, 0.25) is 0 Å². The van der Waals surface area contributed by atoms with E-state index in [4.69, 9.17) is 12.2 Å². The maximum Gasteiger partial charge on any atom is 0.253 e. The van der Waals surface area contributed by atoms with Crippen LogP contribution in [-0.4, -0.2) is 15.0 Å². The van der Waals surface area contributed by atoms with Gasteiger partial charge in [-0.2, -0.15) is 0 Å². The molecule has 31 heavy (non-hydrogen) atoms. The van der Waals surface area contributed by atoms with Gasteiger partial charge < -0.3 is 15.2 Å². The summed E-state index contributed by atoms with van der Waals surface area (Å²) in [5.41, 5.74) is 5.78. The van der Waals surface area contributed by atoms with Crippen molar-refractivity contribution in [2.45, 2.75) is 26.9 Å². The topological polar surface area (TPSA) is 48.1 Å². The molecule has 3 aromatic carbocycles. The monoisotopic (exact) mass is 427 g/mol. The highest BCUT2D eigenvalue weighted by atomic mass is 32.1. The van der Waals surface area contributed by atoms with Crippen LogP contribution in [0.5, 0.6) is 0 Å². The van der Waals surface area contributed by atoms with Crippen LogP contribution in [0.4, 0.5) is 5.69 Å². The lowest BCUT2D eigenvalue weighted by atomic mass is 10.1. The molecule has 0 fully saturated rings. The fourth-order valence-electron chi connectivity index (χ4n) is 3.59. The van der Waals surface area contributed by atoms with E-state index in [-0.39, 0.29) is 5.56 Å². The van der Waals surface area contributed by atoms with Crippen molar-refractivity contribution in [3.63, 3.8) is 0 Å². The van der Waals surface area contributed by atoms with Crippen molar-refractivity contribution in [3.8, 4) is 0 Å². The molecule has 0 aliphatic heterocycles. The number of aromatic amines is 1. The van der Waals surface area contributed by atoms with Crippen LogP contribution in [0.3, 0.4) is 0 Å². The number of aromatic nitrogens is 1. The van der Waals surface area contributed by atoms with E-state index < -0.39 is 0 Å². The number of pyridine rings is 1. The van der Waals surface area contributed by atoms with Gasteiger partial charge in [-0.15, -0.1) is 0 Å². The van der Waals surface area contributed by atoms with Crippen LogP contribution in [-0.2, 0) is 13.1 Å². The van der Waals surface area contributed by atoms with Gasteiger partial charge in [-0.3, -0.25) is 4.79 Å². The molecule has 0 saturated heterocycles. The van der Waals surface area contributed by atoms with Crippen LogP contribution >= 0.6 is 12.2 Å². The molecular weight excluding hydrogens is 402 g/mol. The predicted octanol–water partition coefficient (Wildman–Crippen LogP) is 5.54. The smallest absolute Gasteiger partial charge is 0.253 e. The van der Waals surface area contributed by atoms with Crippen molar-refractivity contribution in [3.05, 3.63) is 111 Å². The quantitative estimate of drug-likeness (QED) is 0.410. The van der Waals surface area contributed by atoms with Gasteiger partial charge in [0, 0.05) is 17.8 Å². The number of aryl methyl sites for hydroxylation is 2. The molecule has 4 aromatic rings. The number of H-pyrrole nitrogens is 1. The fraction of sp³-hybridized carbons (Fsp3) is 0.154. The van der Waals surface area contributed by atoms with Gasteiger partial charge >= 0.3 is 0 Å². The molecule has 0 unspecified atom stereocenters. The predicted molar refractivity (Wildman–Crippen MR) is 132 cm³/mol. The largest absolute Gasteiger partial charge is 0.340 e. The number of thiocarbonyl (C=S) groups is 1. The molecule has 0 bridgehead atoms. The van der Waals surface area contributed by atoms with E-state index in [1.807, 2.05) is 78.6 Å². The highest BCUT2D eigenvalue weighted by Gasteiger charge is 2.15. The van der Waals surface area contributed by atoms with Crippen molar-refractivity contribution < 1.29 is 0 Å². The zero-order valence-corrected chi connectivity index (χ0v) is 18.5. The minimum atomic E-state index is -0.0852. The maximum atomic E-state index is 12.8. The first-order chi connectivity index (χ1) is 15.0. The normalized spacial score (nSPS) is 10.8. The Balaban J connectivity index is 1.64. The van der Waals surface area contributed by atoms with Crippen molar-refractivity contribution in [1.82, 2.24) is 9.88 Å². The van der Waals surface area contributed by atoms with E-state index in [2.05, 4.69) is 29.4 Å². The molecule has 0 aliphatic rings. The van der Waals surface area contributed by atoms with E-state index in [9.17, 15) is 4.79 Å².